The predicted molar refractivity (Wildman–Crippen MR) is 404 cm³/mol. The Kier molecular flexibility index (Phi) is 34.1. The molecule has 7 saturated carbocycles. The summed E-state index contributed by atoms with van der Waals surface area (Å²) in [5.41, 5.74) is 0. The van der Waals surface area contributed by atoms with Gasteiger partial charge in [0.15, 0.2) is 13.2 Å². The molecule has 10 bridgehead atoms. The Morgan fingerprint density at radius 3 is 1.28 bits per heavy atom. The number of carbonyl (C=O) groups excluding carboxylic acids is 13. The average molecular weight is 2040 g/mol. The summed E-state index contributed by atoms with van der Waals surface area (Å²) in [6.45, 7) is -3.60. The number of hydrogen-bond donors (Lipinski definition) is 1. The lowest BCUT2D eigenvalue weighted by atomic mass is 9.78. The van der Waals surface area contributed by atoms with Crippen molar-refractivity contribution in [2.45, 2.75) is 149 Å². The predicted octanol–water partition coefficient (Wildman–Crippen LogP) is -7.30. The van der Waals surface area contributed by atoms with Crippen LogP contribution in [0.4, 0.5) is 0 Å². The third-order valence-corrected chi connectivity index (χ3v) is 32.6. The van der Waals surface area contributed by atoms with Crippen molar-refractivity contribution >= 4 is 170 Å². The monoisotopic (exact) mass is 2040 g/mol. The van der Waals surface area contributed by atoms with Crippen molar-refractivity contribution in [3.63, 3.8) is 0 Å². The Morgan fingerprint density at radius 2 is 0.777 bits per heavy atom. The number of aliphatic hydroxyl groups is 1. The maximum atomic E-state index is 12.0. The van der Waals surface area contributed by atoms with Crippen molar-refractivity contribution in [3.8, 4) is 0 Å². The zero-order valence-electron chi connectivity index (χ0n) is 67.8. The van der Waals surface area contributed by atoms with Gasteiger partial charge in [0.05, 0.1) is 188 Å². The molecule has 52 nitrogen and oxygen atoms in total. The zero-order valence-corrected chi connectivity index (χ0v) is 75.2. The first-order valence-corrected chi connectivity index (χ1v) is 53.5. The van der Waals surface area contributed by atoms with Gasteiger partial charge in [-0.1, -0.05) is 19.3 Å². The quantitative estimate of drug-likeness (QED) is 0.0292. The lowest BCUT2D eigenvalue weighted by Crippen LogP contribution is -2.41. The van der Waals surface area contributed by atoms with Gasteiger partial charge in [-0.2, -0.15) is 8.42 Å². The number of carbonyl (C=O) groups is 13. The SMILES string of the molecule is CC(=O)OCC(=O)OCCS(=O)(=O)[O-].O=C(COC(=O)C1CCCCC1)OCCS(=O)(=O)[O-].O=C(OCCS(=O)(=O)[O-])C1C2CC3C(OC(=O)C31)C2O.O=C(OCCS(=O)(=O)[O-])C1C2CC3OC(=O)C1C3C2.O=C(OCCS(=O)(=O)[O-])C1C2CC3OC(=O)C1C3O2.O=C(OCCS(=O)(=O)[O-])C1C2CC3OC(=O)C1C3S2.O=C(OCCS(=O)(=O)[O-])C1C2CC3OS(=O)(=O)C1C3C2. The maximum absolute atomic E-state index is 12.0. The Hall–Kier alpha value is -7.34. The molecule has 9 saturated heterocycles. The number of ether oxygens (including phenoxy) is 14. The minimum absolute atomic E-state index is 0.0113. The van der Waals surface area contributed by atoms with E-state index in [9.17, 15) is 167 Å². The van der Waals surface area contributed by atoms with Gasteiger partial charge >= 0.3 is 77.6 Å². The number of esters is 13. The highest BCUT2D eigenvalue weighted by Crippen LogP contribution is 2.62. The molecule has 0 amide bonds. The summed E-state index contributed by atoms with van der Waals surface area (Å²) < 4.78 is 313. The molecule has 736 valence electrons. The lowest BCUT2D eigenvalue weighted by molar-refractivity contribution is -0.161. The van der Waals surface area contributed by atoms with E-state index in [1.165, 1.54) is 0 Å². The summed E-state index contributed by atoms with van der Waals surface area (Å²) >= 11 is 1.56. The van der Waals surface area contributed by atoms with Gasteiger partial charge in [-0.05, 0) is 63.2 Å². The number of rotatable bonds is 31. The van der Waals surface area contributed by atoms with E-state index in [0.717, 1.165) is 45.4 Å². The van der Waals surface area contributed by atoms with E-state index in [-0.39, 0.29) is 82.4 Å². The molecule has 7 aliphatic carbocycles. The van der Waals surface area contributed by atoms with Crippen LogP contribution in [0.5, 0.6) is 0 Å². The minimum atomic E-state index is -4.46. The molecular formula is C69H87O52S9-7. The molecule has 61 heteroatoms. The highest BCUT2D eigenvalue weighted by molar-refractivity contribution is 8.01. The zero-order chi connectivity index (χ0) is 96.2. The number of hydrogen-bond acceptors (Lipinski definition) is 53. The van der Waals surface area contributed by atoms with E-state index in [1.54, 1.807) is 11.8 Å². The summed E-state index contributed by atoms with van der Waals surface area (Å²) in [5.74, 6) is -20.0. The molecule has 0 spiro atoms. The first-order valence-electron chi connectivity index (χ1n) is 40.0. The van der Waals surface area contributed by atoms with E-state index >= 15 is 0 Å². The molecule has 0 aromatic heterocycles. The van der Waals surface area contributed by atoms with Crippen molar-refractivity contribution in [1.82, 2.24) is 0 Å². The molecule has 9 aliphatic heterocycles. The van der Waals surface area contributed by atoms with E-state index in [1.807, 2.05) is 0 Å². The van der Waals surface area contributed by atoms with E-state index < -0.39 is 335 Å². The highest BCUT2D eigenvalue weighted by Gasteiger charge is 2.71. The van der Waals surface area contributed by atoms with E-state index in [0.29, 0.717) is 38.5 Å². The van der Waals surface area contributed by atoms with Crippen LogP contribution >= 0.6 is 11.8 Å². The second-order valence-corrected chi connectivity index (χ2v) is 46.4. The van der Waals surface area contributed by atoms with Crippen molar-refractivity contribution in [2.75, 3.05) is 99.7 Å². The number of fused-ring (bicyclic) bond motifs is 5. The molecule has 0 aromatic carbocycles. The van der Waals surface area contributed by atoms with Crippen LogP contribution in [0.3, 0.4) is 0 Å². The molecular weight excluding hydrogens is 1950 g/mol. The van der Waals surface area contributed by atoms with Crippen LogP contribution in [0.1, 0.15) is 84.0 Å². The van der Waals surface area contributed by atoms with Crippen LogP contribution in [0.25, 0.3) is 0 Å². The fourth-order valence-electron chi connectivity index (χ4n) is 19.3. The standard InChI is InChI=1S/C11H14O8S.C11H14O7S.C11H18O7S.C10H14O8S2.C10H12O8S.C10H12O7S2.C6H10O7S/c12-8-4-3-5-7(11(14)19-9(5)8)6(4)10(13)18-1-2-20(15,16)17;12-10(17-1-2-19(14,15)16)8-5-3-6-7(4-5)18-11(13)9(6)8;12-10(17-6-7-19(14,15)16)8-18-11(13)9-4-2-1-3-5-9;11-10(17-1-2-19(12,13)14)8-5-3-6-7(4-5)18-20(15,16)9(6)8;11-9(16-1-2-19(13,14)15)6-4-3-5-8(17-4)7(6)10(12)18-5;11-9(16-1-2-19(13,14)15)6-5-3-4-8(18-5)7(6)10(12)17-4;1-5(7)13-4-6(8)12-2-3-14(9,10)11/h4-9,12H,1-3H2,(H,15,16,17);5-9H,1-4H2,(H,14,15,16);9H,1-8H2,(H,14,15,16);5-9H,1-4H2,(H,12,13,14);2*4-8H,1-3H2,(H,13,14,15);2-4H2,1H3,(H,9,10,11)/p-7. The van der Waals surface area contributed by atoms with Gasteiger partial charge in [0.2, 0.25) is 0 Å². The third-order valence-electron chi connectivity index (χ3n) is 24.3. The Bertz CT molecular complexity index is 5050. The van der Waals surface area contributed by atoms with Gasteiger partial charge in [-0.3, -0.25) is 56.9 Å². The van der Waals surface area contributed by atoms with Crippen LogP contribution < -0.4 is 0 Å². The summed E-state index contributed by atoms with van der Waals surface area (Å²) in [6.07, 6.45) is 5.72. The lowest BCUT2D eigenvalue weighted by Gasteiger charge is -2.27. The first-order chi connectivity index (χ1) is 60.3. The summed E-state index contributed by atoms with van der Waals surface area (Å²) in [6, 6.07) is 0. The van der Waals surface area contributed by atoms with Gasteiger partial charge in [-0.25, -0.2) is 68.5 Å². The molecule has 1 N–H and O–H groups in total. The van der Waals surface area contributed by atoms with Crippen LogP contribution in [-0.4, -0.2) is 346 Å². The molecule has 16 aliphatic rings. The van der Waals surface area contributed by atoms with Gasteiger partial charge in [0.1, 0.15) is 87.9 Å². The fraction of sp³-hybridized carbons (Fsp3) is 0.812. The minimum Gasteiger partial charge on any atom is -0.748 e. The number of aliphatic hydroxyl groups excluding tert-OH is 1. The van der Waals surface area contributed by atoms with Gasteiger partial charge < -0.3 is 103 Å². The molecule has 0 aromatic rings. The Labute approximate surface area is 745 Å². The van der Waals surface area contributed by atoms with Crippen molar-refractivity contribution < 1.29 is 237 Å². The fourth-order valence-corrected chi connectivity index (χ4v) is 25.3. The molecule has 26 atom stereocenters. The number of thioether (sulfide) groups is 1. The largest absolute Gasteiger partial charge is 0.748 e. The smallest absolute Gasteiger partial charge is 0.344 e. The van der Waals surface area contributed by atoms with Crippen LogP contribution in [-0.2, 0) is 214 Å². The molecule has 16 rings (SSSR count). The molecule has 130 heavy (non-hydrogen) atoms. The summed E-state index contributed by atoms with van der Waals surface area (Å²) in [5, 5.41) is 9.08. The third kappa shape index (κ3) is 27.5. The second kappa shape index (κ2) is 42.3. The summed E-state index contributed by atoms with van der Waals surface area (Å²) in [4.78, 5) is 150. The van der Waals surface area contributed by atoms with Crippen LogP contribution in [0.2, 0.25) is 0 Å². The molecule has 16 fully saturated rings. The first kappa shape index (κ1) is 105. The van der Waals surface area contributed by atoms with Gasteiger partial charge in [0.25, 0.3) is 10.1 Å². The molecule has 26 unspecified atom stereocenters. The maximum Gasteiger partial charge on any atom is 0.344 e. The van der Waals surface area contributed by atoms with Crippen LogP contribution in [0.15, 0.2) is 0 Å². The van der Waals surface area contributed by atoms with Gasteiger partial charge in [-0.15, -0.1) is 11.8 Å². The average Bonchev–Trinajstić information content (AvgIpc) is 1.61. The topological polar surface area (TPSA) is 815 Å². The second-order valence-electron chi connectivity index (χ2n) is 32.6. The van der Waals surface area contributed by atoms with Crippen molar-refractivity contribution in [2.24, 2.45) is 94.7 Å². The normalized spacial score (nSPS) is 33.6. The van der Waals surface area contributed by atoms with E-state index in [2.05, 4.69) is 14.2 Å². The Balaban J connectivity index is 0.000000158. The Morgan fingerprint density at radius 1 is 0.377 bits per heavy atom. The van der Waals surface area contributed by atoms with Crippen molar-refractivity contribution in [3.05, 3.63) is 0 Å². The van der Waals surface area contributed by atoms with Gasteiger partial charge in [0, 0.05) is 42.3 Å². The van der Waals surface area contributed by atoms with E-state index in [4.69, 9.17) is 56.3 Å². The highest BCUT2D eigenvalue weighted by atomic mass is 32.3. The van der Waals surface area contributed by atoms with Crippen LogP contribution in [0, 0.1) is 94.7 Å². The summed E-state index contributed by atoms with van der Waals surface area (Å²) in [7, 11) is -34.7. The molecule has 0 radical (unpaired) electrons. The van der Waals surface area contributed by atoms with Crippen molar-refractivity contribution in [1.29, 1.82) is 0 Å². The molecule has 9 heterocycles.